The van der Waals surface area contributed by atoms with Crippen molar-refractivity contribution < 1.29 is 4.74 Å². The maximum absolute atomic E-state index is 8.90. The summed E-state index contributed by atoms with van der Waals surface area (Å²) in [4.78, 5) is 4.17. The molecular formula is C10H10N2OS. The number of ether oxygens (including phenoxy) is 1. The lowest BCUT2D eigenvalue weighted by Gasteiger charge is -2.09. The Morgan fingerprint density at radius 2 is 2.43 bits per heavy atom. The third kappa shape index (κ3) is 1.83. The van der Waals surface area contributed by atoms with Gasteiger partial charge in [-0.2, -0.15) is 5.26 Å². The highest BCUT2D eigenvalue weighted by molar-refractivity contribution is 7.98. The minimum atomic E-state index is 0.303. The van der Waals surface area contributed by atoms with Gasteiger partial charge in [0.15, 0.2) is 5.75 Å². The fraction of sp³-hybridized carbons (Fsp3) is 0.400. The first-order valence-corrected chi connectivity index (χ1v) is 5.67. The Bertz CT molecular complexity index is 382. The zero-order valence-corrected chi connectivity index (χ0v) is 8.67. The van der Waals surface area contributed by atoms with Crippen molar-refractivity contribution in [2.24, 2.45) is 0 Å². The van der Waals surface area contributed by atoms with Crippen molar-refractivity contribution in [3.8, 4) is 11.8 Å². The highest BCUT2D eigenvalue weighted by Crippen LogP contribution is 2.34. The molecule has 0 unspecified atom stereocenters. The molecule has 0 atom stereocenters. The van der Waals surface area contributed by atoms with Gasteiger partial charge in [0.05, 0.1) is 11.7 Å². The van der Waals surface area contributed by atoms with Crippen LogP contribution in [0, 0.1) is 11.3 Å². The Morgan fingerprint density at radius 3 is 3.00 bits per heavy atom. The van der Waals surface area contributed by atoms with E-state index in [0.717, 1.165) is 17.9 Å². The van der Waals surface area contributed by atoms with Crippen LogP contribution in [0.2, 0.25) is 0 Å². The molecule has 1 saturated carbocycles. The smallest absolute Gasteiger partial charge is 0.169 e. The Labute approximate surface area is 87.1 Å². The van der Waals surface area contributed by atoms with E-state index >= 15 is 0 Å². The number of thioether (sulfide) groups is 1. The lowest BCUT2D eigenvalue weighted by Crippen LogP contribution is -2.00. The van der Waals surface area contributed by atoms with Gasteiger partial charge in [0, 0.05) is 6.20 Å². The molecule has 4 heteroatoms. The van der Waals surface area contributed by atoms with Crippen molar-refractivity contribution in [2.45, 2.75) is 24.0 Å². The van der Waals surface area contributed by atoms with E-state index in [1.165, 1.54) is 11.8 Å². The SMILES string of the molecule is CSc1nccc(C#N)c1OC1CC1. The summed E-state index contributed by atoms with van der Waals surface area (Å²) >= 11 is 1.51. The van der Waals surface area contributed by atoms with Crippen LogP contribution in [0.15, 0.2) is 17.3 Å². The number of rotatable bonds is 3. The molecule has 0 N–H and O–H groups in total. The first-order chi connectivity index (χ1) is 6.85. The summed E-state index contributed by atoms with van der Waals surface area (Å²) < 4.78 is 5.66. The van der Waals surface area contributed by atoms with Crippen molar-refractivity contribution in [1.82, 2.24) is 4.98 Å². The first kappa shape index (κ1) is 9.35. The maximum atomic E-state index is 8.90. The van der Waals surface area contributed by atoms with E-state index in [1.54, 1.807) is 12.3 Å². The van der Waals surface area contributed by atoms with Crippen LogP contribution in [0.5, 0.6) is 5.75 Å². The van der Waals surface area contributed by atoms with Crippen LogP contribution in [-0.4, -0.2) is 17.3 Å². The standard InChI is InChI=1S/C10H10N2OS/c1-14-10-9(13-8-2-3-8)7(6-11)4-5-12-10/h4-5,8H,2-3H2,1H3. The Morgan fingerprint density at radius 1 is 1.64 bits per heavy atom. The largest absolute Gasteiger partial charge is 0.486 e. The molecule has 1 aliphatic carbocycles. The van der Waals surface area contributed by atoms with Gasteiger partial charge in [0.25, 0.3) is 0 Å². The van der Waals surface area contributed by atoms with E-state index in [-0.39, 0.29) is 0 Å². The summed E-state index contributed by atoms with van der Waals surface area (Å²) in [5.41, 5.74) is 0.580. The fourth-order valence-electron chi connectivity index (χ4n) is 1.13. The van der Waals surface area contributed by atoms with Crippen LogP contribution in [0.1, 0.15) is 18.4 Å². The summed E-state index contributed by atoms with van der Waals surface area (Å²) in [6, 6.07) is 3.82. The van der Waals surface area contributed by atoms with E-state index < -0.39 is 0 Å². The second-order valence-electron chi connectivity index (χ2n) is 3.13. The van der Waals surface area contributed by atoms with Crippen LogP contribution in [0.25, 0.3) is 0 Å². The van der Waals surface area contributed by atoms with Crippen molar-refractivity contribution in [3.63, 3.8) is 0 Å². The molecule has 3 nitrogen and oxygen atoms in total. The van der Waals surface area contributed by atoms with Gasteiger partial charge in [0.1, 0.15) is 11.1 Å². The highest BCUT2D eigenvalue weighted by Gasteiger charge is 2.26. The van der Waals surface area contributed by atoms with Crippen molar-refractivity contribution in [1.29, 1.82) is 5.26 Å². The molecule has 0 aromatic carbocycles. The molecular weight excluding hydrogens is 196 g/mol. The first-order valence-electron chi connectivity index (χ1n) is 4.45. The normalized spacial score (nSPS) is 14.9. The van der Waals surface area contributed by atoms with Gasteiger partial charge < -0.3 is 4.74 Å². The lowest BCUT2D eigenvalue weighted by atomic mass is 10.3. The zero-order chi connectivity index (χ0) is 9.97. The van der Waals surface area contributed by atoms with Crippen molar-refractivity contribution >= 4 is 11.8 Å². The average molecular weight is 206 g/mol. The van der Waals surface area contributed by atoms with Crippen LogP contribution < -0.4 is 4.74 Å². The third-order valence-corrected chi connectivity index (χ3v) is 2.67. The predicted octanol–water partition coefficient (Wildman–Crippen LogP) is 2.22. The van der Waals surface area contributed by atoms with Gasteiger partial charge in [0.2, 0.25) is 0 Å². The summed E-state index contributed by atoms with van der Waals surface area (Å²) in [7, 11) is 0. The molecule has 1 fully saturated rings. The number of hydrogen-bond acceptors (Lipinski definition) is 4. The number of nitrogens with zero attached hydrogens (tertiary/aromatic N) is 2. The van der Waals surface area contributed by atoms with Gasteiger partial charge in [-0.05, 0) is 25.2 Å². The van der Waals surface area contributed by atoms with Crippen LogP contribution >= 0.6 is 11.8 Å². The topological polar surface area (TPSA) is 45.9 Å². The third-order valence-electron chi connectivity index (χ3n) is 1.99. The minimum Gasteiger partial charge on any atom is -0.486 e. The predicted molar refractivity (Wildman–Crippen MR) is 54.4 cm³/mol. The number of aromatic nitrogens is 1. The van der Waals surface area contributed by atoms with Crippen LogP contribution in [-0.2, 0) is 0 Å². The van der Waals surface area contributed by atoms with Gasteiger partial charge >= 0.3 is 0 Å². The van der Waals surface area contributed by atoms with Crippen LogP contribution in [0.4, 0.5) is 0 Å². The van der Waals surface area contributed by atoms with Gasteiger partial charge in [-0.15, -0.1) is 11.8 Å². The highest BCUT2D eigenvalue weighted by atomic mass is 32.2. The van der Waals surface area contributed by atoms with E-state index in [4.69, 9.17) is 10.00 Å². The summed E-state index contributed by atoms with van der Waals surface area (Å²) in [5, 5.41) is 9.71. The van der Waals surface area contributed by atoms with E-state index in [2.05, 4.69) is 11.1 Å². The quantitative estimate of drug-likeness (QED) is 0.711. The minimum absolute atomic E-state index is 0.303. The van der Waals surface area contributed by atoms with Crippen molar-refractivity contribution in [3.05, 3.63) is 17.8 Å². The number of nitriles is 1. The van der Waals surface area contributed by atoms with Gasteiger partial charge in [-0.25, -0.2) is 4.98 Å². The van der Waals surface area contributed by atoms with E-state index in [1.807, 2.05) is 6.26 Å². The molecule has 14 heavy (non-hydrogen) atoms. The summed E-state index contributed by atoms with van der Waals surface area (Å²) in [6.45, 7) is 0. The Kier molecular flexibility index (Phi) is 2.60. The average Bonchev–Trinajstić information content (AvgIpc) is 3.02. The number of hydrogen-bond donors (Lipinski definition) is 0. The number of pyridine rings is 1. The lowest BCUT2D eigenvalue weighted by molar-refractivity contribution is 0.292. The van der Waals surface area contributed by atoms with E-state index in [0.29, 0.717) is 17.4 Å². The second-order valence-corrected chi connectivity index (χ2v) is 3.92. The van der Waals surface area contributed by atoms with Gasteiger partial charge in [-0.1, -0.05) is 0 Å². The molecule has 1 aromatic heterocycles. The molecule has 0 amide bonds. The molecule has 0 spiro atoms. The second kappa shape index (κ2) is 3.89. The molecule has 2 rings (SSSR count). The molecule has 1 aliphatic rings. The molecule has 0 aliphatic heterocycles. The molecule has 0 bridgehead atoms. The molecule has 1 heterocycles. The molecule has 0 saturated heterocycles. The van der Waals surface area contributed by atoms with Crippen LogP contribution in [0.3, 0.4) is 0 Å². The Balaban J connectivity index is 2.35. The molecule has 0 radical (unpaired) electrons. The Hall–Kier alpha value is -1.21. The zero-order valence-electron chi connectivity index (χ0n) is 7.86. The van der Waals surface area contributed by atoms with Gasteiger partial charge in [-0.3, -0.25) is 0 Å². The van der Waals surface area contributed by atoms with Crippen molar-refractivity contribution in [2.75, 3.05) is 6.26 Å². The molecule has 72 valence electrons. The molecule has 1 aromatic rings. The monoisotopic (exact) mass is 206 g/mol. The fourth-order valence-corrected chi connectivity index (χ4v) is 1.64. The van der Waals surface area contributed by atoms with E-state index in [9.17, 15) is 0 Å². The summed E-state index contributed by atoms with van der Waals surface area (Å²) in [6.07, 6.45) is 6.06. The summed E-state index contributed by atoms with van der Waals surface area (Å²) in [5.74, 6) is 0.657. The maximum Gasteiger partial charge on any atom is 0.169 e.